The van der Waals surface area contributed by atoms with Gasteiger partial charge < -0.3 is 9.80 Å². The Balaban J connectivity index is 1.84. The summed E-state index contributed by atoms with van der Waals surface area (Å²) in [6, 6.07) is 5.84. The van der Waals surface area contributed by atoms with Crippen molar-refractivity contribution in [1.82, 2.24) is 19.9 Å². The van der Waals surface area contributed by atoms with Crippen molar-refractivity contribution in [2.24, 2.45) is 7.05 Å². The molecule has 2 heterocycles. The van der Waals surface area contributed by atoms with Crippen molar-refractivity contribution in [2.75, 3.05) is 43.5 Å². The number of carbonyl (C=O) groups is 2. The van der Waals surface area contributed by atoms with Gasteiger partial charge in [-0.25, -0.2) is 4.68 Å². The van der Waals surface area contributed by atoms with Crippen molar-refractivity contribution in [2.45, 2.75) is 13.3 Å². The molecule has 0 radical (unpaired) electrons. The number of hydrogen-bond donors (Lipinski definition) is 0. The third-order valence-electron chi connectivity index (χ3n) is 4.85. The minimum absolute atomic E-state index is 0.0148. The summed E-state index contributed by atoms with van der Waals surface area (Å²) in [5, 5.41) is 7.61. The van der Waals surface area contributed by atoms with Crippen LogP contribution in [-0.2, 0) is 18.3 Å². The monoisotopic (exact) mass is 356 g/mol. The standard InChI is InChI=1S/C18H24N6O2/c1-5-21(2)12-17(25)22(3)14-7-6-13-8-9-24(15(13)10-14)18(26)16-11-19-20-23(16)4/h6-7,10-11H,5,8-9,12H2,1-4H3. The second-order valence-electron chi connectivity index (χ2n) is 6.55. The van der Waals surface area contributed by atoms with E-state index < -0.39 is 0 Å². The lowest BCUT2D eigenvalue weighted by Crippen LogP contribution is -2.36. The Morgan fingerprint density at radius 1 is 1.27 bits per heavy atom. The molecule has 1 aliphatic rings. The highest BCUT2D eigenvalue weighted by Gasteiger charge is 2.28. The minimum Gasteiger partial charge on any atom is -0.314 e. The molecule has 2 amide bonds. The largest absolute Gasteiger partial charge is 0.314 e. The number of carbonyl (C=O) groups excluding carboxylic acids is 2. The van der Waals surface area contributed by atoms with Gasteiger partial charge in [-0.1, -0.05) is 18.2 Å². The number of aryl methyl sites for hydroxylation is 1. The quantitative estimate of drug-likeness (QED) is 0.797. The van der Waals surface area contributed by atoms with Crippen LogP contribution in [0.1, 0.15) is 23.0 Å². The summed E-state index contributed by atoms with van der Waals surface area (Å²) in [6.07, 6.45) is 2.27. The number of anilines is 2. The summed E-state index contributed by atoms with van der Waals surface area (Å²) in [5.41, 5.74) is 3.17. The van der Waals surface area contributed by atoms with Crippen molar-refractivity contribution in [1.29, 1.82) is 0 Å². The van der Waals surface area contributed by atoms with Crippen LogP contribution in [-0.4, -0.2) is 65.4 Å². The molecule has 0 bridgehead atoms. The Hall–Kier alpha value is -2.74. The van der Waals surface area contributed by atoms with E-state index in [0.717, 1.165) is 29.9 Å². The van der Waals surface area contributed by atoms with Gasteiger partial charge in [0.05, 0.1) is 12.7 Å². The van der Waals surface area contributed by atoms with E-state index in [1.807, 2.05) is 37.1 Å². The molecule has 0 fully saturated rings. The number of rotatable bonds is 5. The van der Waals surface area contributed by atoms with Crippen LogP contribution in [0.4, 0.5) is 11.4 Å². The maximum Gasteiger partial charge on any atom is 0.278 e. The second-order valence-corrected chi connectivity index (χ2v) is 6.55. The number of aromatic nitrogens is 3. The molecule has 0 saturated heterocycles. The van der Waals surface area contributed by atoms with E-state index in [1.165, 1.54) is 10.9 Å². The highest BCUT2D eigenvalue weighted by atomic mass is 16.2. The predicted octanol–water partition coefficient (Wildman–Crippen LogP) is 0.932. The molecular formula is C18H24N6O2. The highest BCUT2D eigenvalue weighted by molar-refractivity contribution is 6.06. The molecule has 26 heavy (non-hydrogen) atoms. The van der Waals surface area contributed by atoms with E-state index in [9.17, 15) is 9.59 Å². The van der Waals surface area contributed by atoms with Gasteiger partial charge in [-0.3, -0.25) is 14.5 Å². The summed E-state index contributed by atoms with van der Waals surface area (Å²) in [6.45, 7) is 3.79. The van der Waals surface area contributed by atoms with Gasteiger partial charge in [0.1, 0.15) is 5.69 Å². The van der Waals surface area contributed by atoms with Crippen molar-refractivity contribution < 1.29 is 9.59 Å². The molecular weight excluding hydrogens is 332 g/mol. The summed E-state index contributed by atoms with van der Waals surface area (Å²) in [5.74, 6) is -0.117. The summed E-state index contributed by atoms with van der Waals surface area (Å²) < 4.78 is 1.47. The van der Waals surface area contributed by atoms with Crippen LogP contribution in [0.15, 0.2) is 24.4 Å². The molecule has 8 nitrogen and oxygen atoms in total. The summed E-state index contributed by atoms with van der Waals surface area (Å²) in [4.78, 5) is 30.6. The smallest absolute Gasteiger partial charge is 0.278 e. The third-order valence-corrected chi connectivity index (χ3v) is 4.85. The number of likely N-dealkylation sites (N-methyl/N-ethyl adjacent to an activating group) is 2. The average Bonchev–Trinajstić information content (AvgIpc) is 3.25. The lowest BCUT2D eigenvalue weighted by molar-refractivity contribution is -0.119. The number of amides is 2. The van der Waals surface area contributed by atoms with Crippen molar-refractivity contribution >= 4 is 23.2 Å². The van der Waals surface area contributed by atoms with Gasteiger partial charge in [-0.2, -0.15) is 0 Å². The fourth-order valence-corrected chi connectivity index (χ4v) is 3.00. The highest BCUT2D eigenvalue weighted by Crippen LogP contribution is 2.33. The molecule has 1 aromatic carbocycles. The first-order valence-corrected chi connectivity index (χ1v) is 8.67. The van der Waals surface area contributed by atoms with E-state index in [1.54, 1.807) is 23.9 Å². The summed E-state index contributed by atoms with van der Waals surface area (Å²) in [7, 11) is 5.38. The van der Waals surface area contributed by atoms with Gasteiger partial charge in [0.2, 0.25) is 5.91 Å². The number of fused-ring (bicyclic) bond motifs is 1. The van der Waals surface area contributed by atoms with Crippen molar-refractivity contribution in [3.8, 4) is 0 Å². The molecule has 0 aliphatic carbocycles. The van der Waals surface area contributed by atoms with Gasteiger partial charge in [0.15, 0.2) is 0 Å². The lowest BCUT2D eigenvalue weighted by atomic mass is 10.1. The van der Waals surface area contributed by atoms with Crippen LogP contribution in [0.3, 0.4) is 0 Å². The Morgan fingerprint density at radius 2 is 2.04 bits per heavy atom. The molecule has 0 saturated carbocycles. The molecule has 1 aliphatic heterocycles. The maximum absolute atomic E-state index is 12.8. The van der Waals surface area contributed by atoms with E-state index in [4.69, 9.17) is 0 Å². The summed E-state index contributed by atoms with van der Waals surface area (Å²) >= 11 is 0. The molecule has 0 atom stereocenters. The Kier molecular flexibility index (Phi) is 5.03. The molecule has 0 spiro atoms. The topological polar surface area (TPSA) is 74.6 Å². The van der Waals surface area contributed by atoms with E-state index in [2.05, 4.69) is 10.3 Å². The van der Waals surface area contributed by atoms with Crippen LogP contribution in [0.5, 0.6) is 0 Å². The zero-order valence-corrected chi connectivity index (χ0v) is 15.6. The normalized spacial score (nSPS) is 13.2. The lowest BCUT2D eigenvalue weighted by Gasteiger charge is -2.23. The average molecular weight is 356 g/mol. The Labute approximate surface area is 153 Å². The first-order chi connectivity index (χ1) is 12.4. The van der Waals surface area contributed by atoms with Crippen molar-refractivity contribution in [3.63, 3.8) is 0 Å². The van der Waals surface area contributed by atoms with Gasteiger partial charge in [0, 0.05) is 32.0 Å². The molecule has 8 heteroatoms. The van der Waals surface area contributed by atoms with E-state index in [0.29, 0.717) is 18.8 Å². The fraction of sp³-hybridized carbons (Fsp3) is 0.444. The van der Waals surface area contributed by atoms with Crippen LogP contribution < -0.4 is 9.80 Å². The molecule has 138 valence electrons. The molecule has 2 aromatic rings. The Morgan fingerprint density at radius 3 is 2.69 bits per heavy atom. The SMILES string of the molecule is CCN(C)CC(=O)N(C)c1ccc2c(c1)N(C(=O)c1cnnn1C)CC2. The molecule has 0 unspecified atom stereocenters. The zero-order valence-electron chi connectivity index (χ0n) is 15.6. The third kappa shape index (κ3) is 3.32. The molecule has 3 rings (SSSR count). The van der Waals surface area contributed by atoms with E-state index in [-0.39, 0.29) is 11.8 Å². The van der Waals surface area contributed by atoms with Crippen LogP contribution >= 0.6 is 0 Å². The van der Waals surface area contributed by atoms with Crippen LogP contribution in [0.2, 0.25) is 0 Å². The Bertz CT molecular complexity index is 831. The van der Waals surface area contributed by atoms with Gasteiger partial charge >= 0.3 is 0 Å². The second kappa shape index (κ2) is 7.25. The number of nitrogens with zero attached hydrogens (tertiary/aromatic N) is 6. The zero-order chi connectivity index (χ0) is 18.8. The number of benzene rings is 1. The fourth-order valence-electron chi connectivity index (χ4n) is 3.00. The van der Waals surface area contributed by atoms with Crippen LogP contribution in [0, 0.1) is 0 Å². The first kappa shape index (κ1) is 18.1. The van der Waals surface area contributed by atoms with Crippen molar-refractivity contribution in [3.05, 3.63) is 35.7 Å². The molecule has 0 N–H and O–H groups in total. The van der Waals surface area contributed by atoms with Gasteiger partial charge in [0.25, 0.3) is 5.91 Å². The van der Waals surface area contributed by atoms with Crippen LogP contribution in [0.25, 0.3) is 0 Å². The predicted molar refractivity (Wildman–Crippen MR) is 99.4 cm³/mol. The first-order valence-electron chi connectivity index (χ1n) is 8.67. The van der Waals surface area contributed by atoms with Gasteiger partial charge in [-0.05, 0) is 37.7 Å². The molecule has 1 aromatic heterocycles. The minimum atomic E-state index is -0.131. The number of hydrogen-bond acceptors (Lipinski definition) is 5. The maximum atomic E-state index is 12.8. The van der Waals surface area contributed by atoms with E-state index >= 15 is 0 Å². The van der Waals surface area contributed by atoms with Gasteiger partial charge in [-0.15, -0.1) is 5.10 Å².